The molecule has 2 unspecified atom stereocenters. The zero-order valence-electron chi connectivity index (χ0n) is 13.6. The molecule has 0 aliphatic rings. The maximum absolute atomic E-state index is 12.2. The van der Waals surface area contributed by atoms with Gasteiger partial charge in [0.2, 0.25) is 5.91 Å². The third-order valence-electron chi connectivity index (χ3n) is 2.43. The molecule has 0 aromatic heterocycles. The highest BCUT2D eigenvalue weighted by Gasteiger charge is 2.27. The summed E-state index contributed by atoms with van der Waals surface area (Å²) < 4.78 is 5.19. The molecule has 0 aliphatic heterocycles. The molecule has 0 saturated heterocycles. The van der Waals surface area contributed by atoms with Gasteiger partial charge in [-0.25, -0.2) is 4.79 Å². The minimum absolute atomic E-state index is 0.0102. The molecule has 0 spiro atoms. The zero-order chi connectivity index (χ0) is 15.9. The van der Waals surface area contributed by atoms with Gasteiger partial charge in [0, 0.05) is 11.8 Å². The first-order valence-corrected chi connectivity index (χ1v) is 8.25. The topological polar surface area (TPSA) is 67.4 Å². The standard InChI is InChI=1S/C14H28N2O3S/c1-9(2)11(12(17)15-10(3)8-20-7)16-13(18)19-14(4,5)6/h9-11H,8H2,1-7H3,(H,15,17)(H,16,18). The predicted octanol–water partition coefficient (Wildman–Crippen LogP) is 2.40. The van der Waals surface area contributed by atoms with Crippen molar-refractivity contribution in [1.29, 1.82) is 0 Å². The van der Waals surface area contributed by atoms with Crippen LogP contribution in [0.4, 0.5) is 4.79 Å². The Kier molecular flexibility index (Phi) is 8.01. The van der Waals surface area contributed by atoms with Crippen LogP contribution in [0.15, 0.2) is 0 Å². The van der Waals surface area contributed by atoms with Gasteiger partial charge < -0.3 is 15.4 Å². The molecule has 0 saturated carbocycles. The van der Waals surface area contributed by atoms with E-state index in [9.17, 15) is 9.59 Å². The minimum Gasteiger partial charge on any atom is -0.444 e. The van der Waals surface area contributed by atoms with Crippen LogP contribution in [0.25, 0.3) is 0 Å². The summed E-state index contributed by atoms with van der Waals surface area (Å²) in [6, 6.07) is -0.520. The van der Waals surface area contributed by atoms with Crippen molar-refractivity contribution in [3.05, 3.63) is 0 Å². The number of thioether (sulfide) groups is 1. The normalized spacial score (nSPS) is 14.6. The summed E-state index contributed by atoms with van der Waals surface area (Å²) in [5.41, 5.74) is -0.575. The number of hydrogen-bond acceptors (Lipinski definition) is 4. The SMILES string of the molecule is CSCC(C)NC(=O)C(NC(=O)OC(C)(C)C)C(C)C. The van der Waals surface area contributed by atoms with Crippen molar-refractivity contribution in [3.8, 4) is 0 Å². The summed E-state index contributed by atoms with van der Waals surface area (Å²) in [7, 11) is 0. The molecule has 0 heterocycles. The van der Waals surface area contributed by atoms with Gasteiger partial charge in [-0.1, -0.05) is 13.8 Å². The van der Waals surface area contributed by atoms with Crippen molar-refractivity contribution in [1.82, 2.24) is 10.6 Å². The van der Waals surface area contributed by atoms with E-state index in [1.807, 2.05) is 27.0 Å². The fourth-order valence-corrected chi connectivity index (χ4v) is 2.18. The summed E-state index contributed by atoms with van der Waals surface area (Å²) in [6.07, 6.45) is 1.42. The third-order valence-corrected chi connectivity index (χ3v) is 3.26. The first kappa shape index (κ1) is 19.1. The summed E-state index contributed by atoms with van der Waals surface area (Å²) in [6.45, 7) is 11.1. The number of carbonyl (C=O) groups is 2. The largest absolute Gasteiger partial charge is 0.444 e. The molecule has 5 nitrogen and oxygen atoms in total. The summed E-state index contributed by atoms with van der Waals surface area (Å²) >= 11 is 1.67. The van der Waals surface area contributed by atoms with Gasteiger partial charge >= 0.3 is 6.09 Å². The first-order chi connectivity index (χ1) is 9.06. The average Bonchev–Trinajstić information content (AvgIpc) is 2.22. The first-order valence-electron chi connectivity index (χ1n) is 6.85. The highest BCUT2D eigenvalue weighted by Crippen LogP contribution is 2.09. The fraction of sp³-hybridized carbons (Fsp3) is 0.857. The van der Waals surface area contributed by atoms with Gasteiger partial charge in [0.05, 0.1) is 0 Å². The monoisotopic (exact) mass is 304 g/mol. The molecular weight excluding hydrogens is 276 g/mol. The van der Waals surface area contributed by atoms with Crippen LogP contribution in [0.5, 0.6) is 0 Å². The van der Waals surface area contributed by atoms with Crippen molar-refractivity contribution in [3.63, 3.8) is 0 Å². The van der Waals surface area contributed by atoms with Crippen molar-refractivity contribution in [2.45, 2.75) is 59.2 Å². The number of carbonyl (C=O) groups excluding carboxylic acids is 2. The number of rotatable bonds is 6. The number of nitrogens with one attached hydrogen (secondary N) is 2. The Bertz CT molecular complexity index is 327. The summed E-state index contributed by atoms with van der Waals surface area (Å²) in [4.78, 5) is 24.0. The number of amides is 2. The van der Waals surface area contributed by atoms with Crippen LogP contribution in [0.2, 0.25) is 0 Å². The van der Waals surface area contributed by atoms with Crippen LogP contribution in [0.1, 0.15) is 41.5 Å². The van der Waals surface area contributed by atoms with E-state index in [0.29, 0.717) is 0 Å². The predicted molar refractivity (Wildman–Crippen MR) is 84.0 cm³/mol. The van der Waals surface area contributed by atoms with Gasteiger partial charge in [-0.15, -0.1) is 0 Å². The second kappa shape index (κ2) is 8.39. The van der Waals surface area contributed by atoms with E-state index < -0.39 is 17.7 Å². The third kappa shape index (κ3) is 8.30. The molecule has 0 fully saturated rings. The van der Waals surface area contributed by atoms with E-state index in [1.165, 1.54) is 0 Å². The lowest BCUT2D eigenvalue weighted by Gasteiger charge is -2.26. The number of hydrogen-bond donors (Lipinski definition) is 2. The van der Waals surface area contributed by atoms with Crippen LogP contribution in [-0.4, -0.2) is 41.7 Å². The quantitative estimate of drug-likeness (QED) is 0.791. The van der Waals surface area contributed by atoms with Gasteiger partial charge in [0.15, 0.2) is 0 Å². The summed E-state index contributed by atoms with van der Waals surface area (Å²) in [5, 5.41) is 5.54. The highest BCUT2D eigenvalue weighted by molar-refractivity contribution is 7.98. The van der Waals surface area contributed by atoms with E-state index in [1.54, 1.807) is 32.5 Å². The Balaban J connectivity index is 4.57. The van der Waals surface area contributed by atoms with Crippen LogP contribution >= 0.6 is 11.8 Å². The molecule has 0 aliphatic carbocycles. The van der Waals surface area contributed by atoms with Crippen molar-refractivity contribution in [2.75, 3.05) is 12.0 Å². The van der Waals surface area contributed by atoms with Crippen molar-refractivity contribution < 1.29 is 14.3 Å². The van der Waals surface area contributed by atoms with E-state index in [4.69, 9.17) is 4.74 Å². The van der Waals surface area contributed by atoms with E-state index >= 15 is 0 Å². The molecule has 0 radical (unpaired) electrons. The molecule has 2 N–H and O–H groups in total. The summed E-state index contributed by atoms with van der Waals surface area (Å²) in [5.74, 6) is 0.652. The van der Waals surface area contributed by atoms with Crippen LogP contribution in [0.3, 0.4) is 0 Å². The molecule has 118 valence electrons. The molecule has 0 aromatic carbocycles. The zero-order valence-corrected chi connectivity index (χ0v) is 14.4. The lowest BCUT2D eigenvalue weighted by atomic mass is 10.0. The Morgan fingerprint density at radius 2 is 1.70 bits per heavy atom. The molecule has 20 heavy (non-hydrogen) atoms. The van der Waals surface area contributed by atoms with Gasteiger partial charge in [0.25, 0.3) is 0 Å². The Morgan fingerprint density at radius 3 is 2.10 bits per heavy atom. The van der Waals surface area contributed by atoms with Crippen LogP contribution < -0.4 is 10.6 Å². The van der Waals surface area contributed by atoms with E-state index in [2.05, 4.69) is 10.6 Å². The van der Waals surface area contributed by atoms with Gasteiger partial charge in [-0.05, 0) is 39.9 Å². The molecular formula is C14H28N2O3S. The maximum Gasteiger partial charge on any atom is 0.408 e. The van der Waals surface area contributed by atoms with E-state index in [-0.39, 0.29) is 17.9 Å². The Hall–Kier alpha value is -0.910. The second-order valence-corrected chi connectivity index (χ2v) is 7.14. The molecule has 0 bridgehead atoms. The van der Waals surface area contributed by atoms with Gasteiger partial charge in [0.1, 0.15) is 11.6 Å². The number of ether oxygens (including phenoxy) is 1. The lowest BCUT2D eigenvalue weighted by molar-refractivity contribution is -0.124. The van der Waals surface area contributed by atoms with Crippen LogP contribution in [-0.2, 0) is 9.53 Å². The molecule has 2 amide bonds. The van der Waals surface area contributed by atoms with Gasteiger partial charge in [-0.3, -0.25) is 4.79 Å². The fourth-order valence-electron chi connectivity index (χ4n) is 1.59. The maximum atomic E-state index is 12.2. The van der Waals surface area contributed by atoms with Crippen molar-refractivity contribution >= 4 is 23.8 Å². The number of alkyl carbamates (subject to hydrolysis) is 1. The highest BCUT2D eigenvalue weighted by atomic mass is 32.2. The molecule has 0 aromatic rings. The van der Waals surface area contributed by atoms with Gasteiger partial charge in [-0.2, -0.15) is 11.8 Å². The molecule has 6 heteroatoms. The average molecular weight is 304 g/mol. The second-order valence-electron chi connectivity index (χ2n) is 6.23. The smallest absolute Gasteiger partial charge is 0.408 e. The Morgan fingerprint density at radius 1 is 1.15 bits per heavy atom. The van der Waals surface area contributed by atoms with Crippen molar-refractivity contribution in [2.24, 2.45) is 5.92 Å². The molecule has 2 atom stereocenters. The van der Waals surface area contributed by atoms with E-state index in [0.717, 1.165) is 5.75 Å². The Labute approximate surface area is 126 Å². The molecule has 0 rings (SSSR count). The lowest BCUT2D eigenvalue weighted by Crippen LogP contribution is -2.52. The van der Waals surface area contributed by atoms with Crippen LogP contribution in [0, 0.1) is 5.92 Å². The minimum atomic E-state index is -0.589.